The van der Waals surface area contributed by atoms with E-state index >= 15 is 0 Å². The average Bonchev–Trinajstić information content (AvgIpc) is 2.09. The van der Waals surface area contributed by atoms with Crippen LogP contribution in [0, 0.1) is 0 Å². The molecule has 0 radical (unpaired) electrons. The van der Waals surface area contributed by atoms with Gasteiger partial charge in [0.05, 0.1) is 21.8 Å². The highest BCUT2D eigenvalue weighted by Crippen LogP contribution is 2.34. The zero-order valence-corrected chi connectivity index (χ0v) is 9.91. The van der Waals surface area contributed by atoms with Crippen LogP contribution in [-0.2, 0) is 0 Å². The normalized spacial score (nSPS) is 10.4. The number of benzene rings is 1. The first-order valence-corrected chi connectivity index (χ1v) is 5.13. The molecule has 4 heteroatoms. The third kappa shape index (κ3) is 2.69. The second kappa shape index (κ2) is 4.76. The first-order valence-electron chi connectivity index (χ1n) is 4.38. The van der Waals surface area contributed by atoms with Gasteiger partial charge in [-0.05, 0) is 19.9 Å². The second-order valence-electron chi connectivity index (χ2n) is 3.18. The van der Waals surface area contributed by atoms with Crippen LogP contribution in [0.3, 0.4) is 0 Å². The lowest BCUT2D eigenvalue weighted by Crippen LogP contribution is -2.06. The predicted octanol–water partition coefficient (Wildman–Crippen LogP) is 3.82. The minimum absolute atomic E-state index is 0.0957. The third-order valence-electron chi connectivity index (χ3n) is 1.65. The monoisotopic (exact) mass is 233 g/mol. The van der Waals surface area contributed by atoms with Gasteiger partial charge in [0.1, 0.15) is 5.75 Å². The molecule has 0 spiro atoms. The zero-order valence-electron chi connectivity index (χ0n) is 8.40. The number of halogens is 2. The summed E-state index contributed by atoms with van der Waals surface area (Å²) >= 11 is 11.9. The Labute approximate surface area is 94.2 Å². The lowest BCUT2D eigenvalue weighted by molar-refractivity contribution is 0.242. The topological polar surface area (TPSA) is 21.3 Å². The fourth-order valence-electron chi connectivity index (χ4n) is 1.06. The standard InChI is InChI=1S/C10H13Cl2NO/c1-6(2)14-10-5-9(13-3)7(11)4-8(10)12/h4-6,13H,1-3H3. The van der Waals surface area contributed by atoms with Crippen LogP contribution < -0.4 is 10.1 Å². The Morgan fingerprint density at radius 3 is 2.36 bits per heavy atom. The summed E-state index contributed by atoms with van der Waals surface area (Å²) in [7, 11) is 1.80. The summed E-state index contributed by atoms with van der Waals surface area (Å²) < 4.78 is 5.51. The zero-order chi connectivity index (χ0) is 10.7. The lowest BCUT2D eigenvalue weighted by atomic mass is 10.3. The van der Waals surface area contributed by atoms with Crippen LogP contribution in [0.1, 0.15) is 13.8 Å². The van der Waals surface area contributed by atoms with Gasteiger partial charge in [0, 0.05) is 13.1 Å². The van der Waals surface area contributed by atoms with Crippen molar-refractivity contribution in [1.82, 2.24) is 0 Å². The molecule has 1 rings (SSSR count). The molecule has 0 aliphatic carbocycles. The molecule has 14 heavy (non-hydrogen) atoms. The molecule has 0 saturated carbocycles. The summed E-state index contributed by atoms with van der Waals surface area (Å²) in [5.41, 5.74) is 0.812. The van der Waals surface area contributed by atoms with Crippen molar-refractivity contribution in [3.8, 4) is 5.75 Å². The molecule has 0 saturated heterocycles. The van der Waals surface area contributed by atoms with Crippen LogP contribution in [0.4, 0.5) is 5.69 Å². The Morgan fingerprint density at radius 1 is 1.21 bits per heavy atom. The van der Waals surface area contributed by atoms with Crippen molar-refractivity contribution in [1.29, 1.82) is 0 Å². The van der Waals surface area contributed by atoms with Crippen LogP contribution in [0.25, 0.3) is 0 Å². The molecule has 0 amide bonds. The fourth-order valence-corrected chi connectivity index (χ4v) is 1.59. The fraction of sp³-hybridized carbons (Fsp3) is 0.400. The van der Waals surface area contributed by atoms with Gasteiger partial charge in [-0.3, -0.25) is 0 Å². The van der Waals surface area contributed by atoms with Crippen molar-refractivity contribution >= 4 is 28.9 Å². The summed E-state index contributed by atoms with van der Waals surface area (Å²) in [6, 6.07) is 3.47. The average molecular weight is 234 g/mol. The van der Waals surface area contributed by atoms with E-state index < -0.39 is 0 Å². The largest absolute Gasteiger partial charge is 0.489 e. The number of ether oxygens (including phenoxy) is 1. The van der Waals surface area contributed by atoms with Crippen molar-refractivity contribution in [2.75, 3.05) is 12.4 Å². The summed E-state index contributed by atoms with van der Waals surface area (Å²) in [5, 5.41) is 4.09. The molecule has 2 nitrogen and oxygen atoms in total. The second-order valence-corrected chi connectivity index (χ2v) is 3.99. The van der Waals surface area contributed by atoms with E-state index in [2.05, 4.69) is 5.32 Å². The van der Waals surface area contributed by atoms with Crippen molar-refractivity contribution in [3.63, 3.8) is 0 Å². The van der Waals surface area contributed by atoms with Crippen LogP contribution in [-0.4, -0.2) is 13.2 Å². The molecule has 0 bridgehead atoms. The van der Waals surface area contributed by atoms with E-state index in [9.17, 15) is 0 Å². The Morgan fingerprint density at radius 2 is 1.86 bits per heavy atom. The van der Waals surface area contributed by atoms with Gasteiger partial charge in [0.15, 0.2) is 0 Å². The lowest BCUT2D eigenvalue weighted by Gasteiger charge is -2.13. The molecular weight excluding hydrogens is 221 g/mol. The van der Waals surface area contributed by atoms with Crippen molar-refractivity contribution in [3.05, 3.63) is 22.2 Å². The van der Waals surface area contributed by atoms with Gasteiger partial charge in [-0.1, -0.05) is 23.2 Å². The van der Waals surface area contributed by atoms with Gasteiger partial charge in [0.25, 0.3) is 0 Å². The molecular formula is C10H13Cl2NO. The van der Waals surface area contributed by atoms with Gasteiger partial charge in [-0.15, -0.1) is 0 Å². The van der Waals surface area contributed by atoms with E-state index in [-0.39, 0.29) is 6.10 Å². The van der Waals surface area contributed by atoms with E-state index in [0.29, 0.717) is 15.8 Å². The molecule has 78 valence electrons. The Bertz CT molecular complexity index is 326. The van der Waals surface area contributed by atoms with E-state index in [0.717, 1.165) is 5.69 Å². The molecule has 0 fully saturated rings. The molecule has 1 aromatic rings. The molecule has 0 atom stereocenters. The summed E-state index contributed by atoms with van der Waals surface area (Å²) in [6.45, 7) is 3.90. The molecule has 1 aromatic carbocycles. The number of hydrogen-bond acceptors (Lipinski definition) is 2. The molecule has 0 aromatic heterocycles. The molecule has 0 unspecified atom stereocenters. The Kier molecular flexibility index (Phi) is 3.90. The third-order valence-corrected chi connectivity index (χ3v) is 2.26. The van der Waals surface area contributed by atoms with Gasteiger partial charge in [0.2, 0.25) is 0 Å². The first kappa shape index (κ1) is 11.5. The quantitative estimate of drug-likeness (QED) is 0.858. The maximum atomic E-state index is 5.97. The number of anilines is 1. The van der Waals surface area contributed by atoms with Crippen LogP contribution in [0.5, 0.6) is 5.75 Å². The van der Waals surface area contributed by atoms with Crippen molar-refractivity contribution in [2.45, 2.75) is 20.0 Å². The maximum absolute atomic E-state index is 5.97. The number of hydrogen-bond donors (Lipinski definition) is 1. The van der Waals surface area contributed by atoms with Crippen LogP contribution in [0.15, 0.2) is 12.1 Å². The van der Waals surface area contributed by atoms with Gasteiger partial charge in [-0.25, -0.2) is 0 Å². The molecule has 1 N–H and O–H groups in total. The minimum atomic E-state index is 0.0957. The number of rotatable bonds is 3. The first-order chi connectivity index (χ1) is 6.54. The minimum Gasteiger partial charge on any atom is -0.489 e. The Hall–Kier alpha value is -0.600. The van der Waals surface area contributed by atoms with Crippen molar-refractivity contribution < 1.29 is 4.74 Å². The van der Waals surface area contributed by atoms with E-state index in [4.69, 9.17) is 27.9 Å². The summed E-state index contributed by atoms with van der Waals surface area (Å²) in [4.78, 5) is 0. The van der Waals surface area contributed by atoms with E-state index in [1.807, 2.05) is 13.8 Å². The summed E-state index contributed by atoms with van der Waals surface area (Å²) in [5.74, 6) is 0.649. The summed E-state index contributed by atoms with van der Waals surface area (Å²) in [6.07, 6.45) is 0.0957. The molecule has 0 aliphatic rings. The van der Waals surface area contributed by atoms with Gasteiger partial charge in [-0.2, -0.15) is 0 Å². The highest BCUT2D eigenvalue weighted by Gasteiger charge is 2.08. The van der Waals surface area contributed by atoms with Gasteiger partial charge >= 0.3 is 0 Å². The van der Waals surface area contributed by atoms with Gasteiger partial charge < -0.3 is 10.1 Å². The SMILES string of the molecule is CNc1cc(OC(C)C)c(Cl)cc1Cl. The number of nitrogens with one attached hydrogen (secondary N) is 1. The Balaban J connectivity index is 3.04. The maximum Gasteiger partial charge on any atom is 0.140 e. The smallest absolute Gasteiger partial charge is 0.140 e. The predicted molar refractivity (Wildman–Crippen MR) is 61.8 cm³/mol. The van der Waals surface area contributed by atoms with Crippen LogP contribution in [0.2, 0.25) is 10.0 Å². The van der Waals surface area contributed by atoms with Crippen molar-refractivity contribution in [2.24, 2.45) is 0 Å². The highest BCUT2D eigenvalue weighted by atomic mass is 35.5. The van der Waals surface area contributed by atoms with Crippen LogP contribution >= 0.6 is 23.2 Å². The molecule has 0 aliphatic heterocycles. The highest BCUT2D eigenvalue weighted by molar-refractivity contribution is 6.37. The van der Waals surface area contributed by atoms with E-state index in [1.54, 1.807) is 19.2 Å². The molecule has 0 heterocycles. The van der Waals surface area contributed by atoms with E-state index in [1.165, 1.54) is 0 Å².